The minimum Gasteiger partial charge on any atom is -0.652 e. The molecule has 11 heteroatoms. The van der Waals surface area contributed by atoms with Crippen LogP contribution in [-0.4, -0.2) is 23.2 Å². The van der Waals surface area contributed by atoms with Crippen LogP contribution in [0.3, 0.4) is 0 Å². The second kappa shape index (κ2) is 25.0. The van der Waals surface area contributed by atoms with E-state index in [2.05, 4.69) is 0 Å². The SMILES string of the molecule is N.N.N.N.O=C([O-])[O-].[2H]C(N)(CC(C)C)C(=O)O.[Co+2]. The second-order valence-corrected chi connectivity index (χ2v) is 2.68. The van der Waals surface area contributed by atoms with Gasteiger partial charge in [-0.2, -0.15) is 0 Å². The predicted molar refractivity (Wildman–Crippen MR) is 60.6 cm³/mol. The predicted octanol–water partition coefficient (Wildman–Crippen LogP) is -1.36. The van der Waals surface area contributed by atoms with Crippen molar-refractivity contribution in [2.24, 2.45) is 11.7 Å². The molecular weight excluding hydrogens is 293 g/mol. The Labute approximate surface area is 118 Å². The first-order valence-electron chi connectivity index (χ1n) is 4.00. The summed E-state index contributed by atoms with van der Waals surface area (Å²) in [6.45, 7) is 3.66. The van der Waals surface area contributed by atoms with Crippen molar-refractivity contribution >= 4 is 12.1 Å². The number of carbonyl (C=O) groups excluding carboxylic acids is 1. The van der Waals surface area contributed by atoms with Crippen LogP contribution in [0.1, 0.15) is 21.6 Å². The van der Waals surface area contributed by atoms with Gasteiger partial charge in [0.1, 0.15) is 6.02 Å². The number of carboxylic acids is 1. The van der Waals surface area contributed by atoms with Crippen molar-refractivity contribution in [3.63, 3.8) is 0 Å². The number of aliphatic carboxylic acids is 1. The third-order valence-electron chi connectivity index (χ3n) is 0.903. The van der Waals surface area contributed by atoms with Gasteiger partial charge in [-0.3, -0.25) is 4.79 Å². The Morgan fingerprint density at radius 1 is 1.22 bits per heavy atom. The van der Waals surface area contributed by atoms with Gasteiger partial charge >= 0.3 is 22.7 Å². The van der Waals surface area contributed by atoms with Gasteiger partial charge in [0.2, 0.25) is 0 Å². The Hall–Kier alpha value is -0.954. The molecule has 0 aromatic heterocycles. The Balaban J connectivity index is -0.0000000288. The molecule has 0 heterocycles. The average Bonchev–Trinajstić information content (AvgIpc) is 1.81. The van der Waals surface area contributed by atoms with Gasteiger partial charge in [-0.05, 0) is 18.5 Å². The molecule has 0 saturated heterocycles. The van der Waals surface area contributed by atoms with E-state index in [1.54, 1.807) is 0 Å². The Morgan fingerprint density at radius 2 is 1.44 bits per heavy atom. The Bertz CT molecular complexity index is 216. The molecule has 1 atom stereocenters. The van der Waals surface area contributed by atoms with Gasteiger partial charge in [0.15, 0.2) is 0 Å². The molecule has 0 amide bonds. The van der Waals surface area contributed by atoms with E-state index in [1.807, 2.05) is 13.8 Å². The maximum absolute atomic E-state index is 10.2. The fourth-order valence-corrected chi connectivity index (χ4v) is 0.527. The first-order chi connectivity index (χ1) is 6.09. The minimum absolute atomic E-state index is 0. The first kappa shape index (κ1) is 36.0. The molecule has 0 fully saturated rings. The summed E-state index contributed by atoms with van der Waals surface area (Å²) in [7, 11) is 0. The van der Waals surface area contributed by atoms with Crippen molar-refractivity contribution in [3.05, 3.63) is 0 Å². The van der Waals surface area contributed by atoms with E-state index in [-0.39, 0.29) is 53.7 Å². The first-order valence-corrected chi connectivity index (χ1v) is 3.50. The summed E-state index contributed by atoms with van der Waals surface area (Å²) in [5.41, 5.74) is 5.13. The maximum Gasteiger partial charge on any atom is 2.00 e. The molecule has 0 aliphatic heterocycles. The molecule has 0 aliphatic rings. The molecule has 1 unspecified atom stereocenters. The van der Waals surface area contributed by atoms with Gasteiger partial charge in [-0.15, -0.1) is 0 Å². The minimum atomic E-state index is -2.33. The average molecular weight is 319 g/mol. The molecule has 0 spiro atoms. The van der Waals surface area contributed by atoms with Crippen molar-refractivity contribution in [2.45, 2.75) is 26.3 Å². The van der Waals surface area contributed by atoms with E-state index in [9.17, 15) is 4.79 Å². The molecule has 18 heavy (non-hydrogen) atoms. The molecule has 0 rings (SSSR count). The topological polar surface area (TPSA) is 267 Å². The largest absolute Gasteiger partial charge is 2.00 e. The van der Waals surface area contributed by atoms with E-state index >= 15 is 0 Å². The number of nitrogens with two attached hydrogens (primary N) is 1. The van der Waals surface area contributed by atoms with Crippen LogP contribution in [0, 0.1) is 5.92 Å². The number of hydrogen-bond donors (Lipinski definition) is 6. The zero-order valence-corrected chi connectivity index (χ0v) is 11.6. The third-order valence-corrected chi connectivity index (χ3v) is 0.903. The smallest absolute Gasteiger partial charge is 0.652 e. The quantitative estimate of drug-likeness (QED) is 0.355. The summed E-state index contributed by atoms with van der Waals surface area (Å²) >= 11 is 0. The monoisotopic (exact) mass is 319 g/mol. The zero-order valence-electron chi connectivity index (χ0n) is 11.6. The zero-order chi connectivity index (χ0) is 11.9. The van der Waals surface area contributed by atoms with Crippen LogP contribution < -0.4 is 40.5 Å². The van der Waals surface area contributed by atoms with E-state index in [0.29, 0.717) is 0 Å². The summed E-state index contributed by atoms with van der Waals surface area (Å²) < 4.78 is 7.09. The Kier molecular flexibility index (Phi) is 50.0. The molecule has 15 N–H and O–H groups in total. The molecular formula is C7H25CoN5O5. The van der Waals surface area contributed by atoms with Crippen LogP contribution in [0.2, 0.25) is 0 Å². The fourth-order valence-electron chi connectivity index (χ4n) is 0.527. The van der Waals surface area contributed by atoms with Crippen molar-refractivity contribution in [1.82, 2.24) is 24.6 Å². The second-order valence-electron chi connectivity index (χ2n) is 2.68. The molecule has 0 aromatic rings. The standard InChI is InChI=1S/C6H13NO2.CH2O3.Co.4H3N/c1-4(2)3-5(7)6(8)9;2-1(3)4;;;;;/h4-5H,3,7H2,1-2H3,(H,8,9);(H2,2,3,4);;4*1H3/q;;+2;;;;/p-2/i5D;;;;;;. The maximum atomic E-state index is 10.2. The molecule has 0 aromatic carbocycles. The third kappa shape index (κ3) is 59.8. The van der Waals surface area contributed by atoms with E-state index in [0.717, 1.165) is 0 Å². The summed E-state index contributed by atoms with van der Waals surface area (Å²) in [5.74, 6) is -1.13. The van der Waals surface area contributed by atoms with Crippen LogP contribution in [0.5, 0.6) is 0 Å². The normalized spacial score (nSPS) is 10.8. The fraction of sp³-hybridized carbons (Fsp3) is 0.714. The summed E-state index contributed by atoms with van der Waals surface area (Å²) in [6, 6.07) is -1.81. The van der Waals surface area contributed by atoms with Crippen molar-refractivity contribution < 1.29 is 43.1 Å². The van der Waals surface area contributed by atoms with Crippen LogP contribution in [0.4, 0.5) is 4.79 Å². The van der Waals surface area contributed by atoms with Gasteiger partial charge in [0.25, 0.3) is 0 Å². The van der Waals surface area contributed by atoms with Crippen LogP contribution in [-0.2, 0) is 21.6 Å². The van der Waals surface area contributed by atoms with E-state index < -0.39 is 18.1 Å². The van der Waals surface area contributed by atoms with Crippen LogP contribution in [0.15, 0.2) is 0 Å². The van der Waals surface area contributed by atoms with Crippen molar-refractivity contribution in [1.29, 1.82) is 0 Å². The number of rotatable bonds is 3. The van der Waals surface area contributed by atoms with Gasteiger partial charge in [-0.25, -0.2) is 0 Å². The van der Waals surface area contributed by atoms with Crippen LogP contribution in [0.25, 0.3) is 0 Å². The number of carbonyl (C=O) groups is 2. The van der Waals surface area contributed by atoms with E-state index in [4.69, 9.17) is 27.2 Å². The number of carboxylic acid groups (broad SMARTS) is 3. The van der Waals surface area contributed by atoms with Crippen LogP contribution >= 0.6 is 0 Å². The number of hydrogen-bond acceptors (Lipinski definition) is 9. The molecule has 1 radical (unpaired) electrons. The summed E-state index contributed by atoms with van der Waals surface area (Å²) in [5, 5.41) is 25.0. The molecule has 10 nitrogen and oxygen atoms in total. The van der Waals surface area contributed by atoms with Crippen molar-refractivity contribution in [2.75, 3.05) is 0 Å². The molecule has 117 valence electrons. The Morgan fingerprint density at radius 3 is 1.50 bits per heavy atom. The summed E-state index contributed by atoms with van der Waals surface area (Å²) in [4.78, 5) is 18.6. The van der Waals surface area contributed by atoms with Gasteiger partial charge in [0, 0.05) is 0 Å². The molecule has 0 saturated carbocycles. The van der Waals surface area contributed by atoms with E-state index in [1.165, 1.54) is 0 Å². The van der Waals surface area contributed by atoms with Crippen molar-refractivity contribution in [3.8, 4) is 0 Å². The van der Waals surface area contributed by atoms with Gasteiger partial charge in [0.05, 0.1) is 1.37 Å². The molecule has 0 aliphatic carbocycles. The van der Waals surface area contributed by atoms with Gasteiger partial charge in [-0.1, -0.05) is 13.8 Å². The summed E-state index contributed by atoms with van der Waals surface area (Å²) in [6.07, 6.45) is -2.15. The molecule has 0 bridgehead atoms. The van der Waals surface area contributed by atoms with Gasteiger partial charge < -0.3 is 50.4 Å².